The Morgan fingerprint density at radius 3 is 2.45 bits per heavy atom. The number of rotatable bonds is 4. The number of nitrogens with zero attached hydrogens (tertiary/aromatic N) is 2. The molecule has 1 fully saturated rings. The van der Waals surface area contributed by atoms with Crippen molar-refractivity contribution in [2.45, 2.75) is 40.7 Å². The molecule has 1 aliphatic heterocycles. The Hall–Kier alpha value is -1.91. The van der Waals surface area contributed by atoms with Gasteiger partial charge in [0.1, 0.15) is 0 Å². The molecule has 1 saturated heterocycles. The number of aryl methyl sites for hydroxylation is 1. The minimum absolute atomic E-state index is 0.143. The Balaban J connectivity index is 2.21. The summed E-state index contributed by atoms with van der Waals surface area (Å²) < 4.78 is 2.05. The molecule has 1 aliphatic rings. The van der Waals surface area contributed by atoms with E-state index in [1.54, 1.807) is 6.92 Å². The number of amides is 2. The van der Waals surface area contributed by atoms with Gasteiger partial charge >= 0.3 is 0 Å². The Labute approximate surface area is 118 Å². The molecule has 108 valence electrons. The van der Waals surface area contributed by atoms with E-state index in [0.29, 0.717) is 5.56 Å². The number of likely N-dealkylation sites (tertiary alicyclic amines) is 1. The fourth-order valence-corrected chi connectivity index (χ4v) is 2.81. The first-order valence-corrected chi connectivity index (χ1v) is 6.91. The normalized spacial score (nSPS) is 19.0. The lowest BCUT2D eigenvalue weighted by Gasteiger charge is -2.13. The lowest BCUT2D eigenvalue weighted by molar-refractivity contribution is -0.138. The number of imide groups is 1. The molecule has 1 aromatic rings. The average molecular weight is 276 g/mol. The van der Waals surface area contributed by atoms with Gasteiger partial charge in [-0.05, 0) is 26.8 Å². The predicted molar refractivity (Wildman–Crippen MR) is 74.4 cm³/mol. The van der Waals surface area contributed by atoms with E-state index in [9.17, 15) is 14.4 Å². The van der Waals surface area contributed by atoms with Crippen LogP contribution >= 0.6 is 0 Å². The topological polar surface area (TPSA) is 59.4 Å². The third-order valence-electron chi connectivity index (χ3n) is 3.96. The van der Waals surface area contributed by atoms with Gasteiger partial charge in [0.05, 0.1) is 6.54 Å². The number of aromatic nitrogens is 1. The number of Topliss-reactive ketones (excluding diaryl/α,β-unsaturated/α-hetero) is 1. The van der Waals surface area contributed by atoms with Gasteiger partial charge in [-0.25, -0.2) is 0 Å². The molecule has 0 spiro atoms. The van der Waals surface area contributed by atoms with Crippen molar-refractivity contribution in [2.24, 2.45) is 5.92 Å². The summed E-state index contributed by atoms with van der Waals surface area (Å²) in [5.41, 5.74) is 2.51. The second-order valence-corrected chi connectivity index (χ2v) is 5.38. The van der Waals surface area contributed by atoms with Crippen molar-refractivity contribution < 1.29 is 14.4 Å². The molecule has 0 aliphatic carbocycles. The monoisotopic (exact) mass is 276 g/mol. The van der Waals surface area contributed by atoms with Crippen LogP contribution in [0.1, 0.15) is 42.0 Å². The van der Waals surface area contributed by atoms with Crippen LogP contribution in [0.25, 0.3) is 0 Å². The Kier molecular flexibility index (Phi) is 3.79. The largest absolute Gasteiger partial charge is 0.349 e. The van der Waals surface area contributed by atoms with Crippen LogP contribution in [-0.2, 0) is 16.1 Å². The van der Waals surface area contributed by atoms with Crippen LogP contribution < -0.4 is 0 Å². The predicted octanol–water partition coefficient (Wildman–Crippen LogP) is 1.70. The molecular formula is C15H20N2O3. The molecule has 2 heterocycles. The highest BCUT2D eigenvalue weighted by Gasteiger charge is 2.36. The zero-order chi connectivity index (χ0) is 15.0. The lowest BCUT2D eigenvalue weighted by atomic mass is 10.1. The summed E-state index contributed by atoms with van der Waals surface area (Å²) in [5.74, 6) is -0.972. The van der Waals surface area contributed by atoms with Crippen LogP contribution in [0, 0.1) is 19.8 Å². The van der Waals surface area contributed by atoms with Gasteiger partial charge in [-0.2, -0.15) is 0 Å². The smallest absolute Gasteiger partial charge is 0.232 e. The molecule has 0 bridgehead atoms. The first-order chi connectivity index (χ1) is 9.36. The van der Waals surface area contributed by atoms with Gasteiger partial charge in [0.25, 0.3) is 0 Å². The van der Waals surface area contributed by atoms with Crippen LogP contribution in [0.15, 0.2) is 6.07 Å². The Morgan fingerprint density at radius 1 is 1.35 bits per heavy atom. The molecule has 1 atom stereocenters. The van der Waals surface area contributed by atoms with E-state index in [1.165, 1.54) is 0 Å². The van der Waals surface area contributed by atoms with Crippen molar-refractivity contribution in [3.8, 4) is 0 Å². The van der Waals surface area contributed by atoms with Gasteiger partial charge in [-0.3, -0.25) is 19.3 Å². The summed E-state index contributed by atoms with van der Waals surface area (Å²) in [4.78, 5) is 37.0. The fraction of sp³-hybridized carbons (Fsp3) is 0.533. The van der Waals surface area contributed by atoms with Crippen LogP contribution in [0.2, 0.25) is 0 Å². The van der Waals surface area contributed by atoms with Gasteiger partial charge < -0.3 is 4.57 Å². The van der Waals surface area contributed by atoms with Gasteiger partial charge in [0.2, 0.25) is 11.8 Å². The maximum absolute atomic E-state index is 12.3. The lowest BCUT2D eigenvalue weighted by Crippen LogP contribution is -2.35. The van der Waals surface area contributed by atoms with Crippen molar-refractivity contribution >= 4 is 17.6 Å². The van der Waals surface area contributed by atoms with Crippen LogP contribution in [-0.4, -0.2) is 33.6 Å². The fourth-order valence-electron chi connectivity index (χ4n) is 2.81. The molecule has 0 aromatic carbocycles. The third-order valence-corrected chi connectivity index (χ3v) is 3.96. The second kappa shape index (κ2) is 5.23. The van der Waals surface area contributed by atoms with Gasteiger partial charge in [0, 0.05) is 35.8 Å². The molecule has 20 heavy (non-hydrogen) atoms. The van der Waals surface area contributed by atoms with Crippen LogP contribution in [0.4, 0.5) is 0 Å². The summed E-state index contributed by atoms with van der Waals surface area (Å²) in [6.07, 6.45) is 0.208. The SMILES string of the molecule is CCn1c(C)cc(C(=O)CN2C(=O)CC(C)C2=O)c1C. The van der Waals surface area contributed by atoms with Gasteiger partial charge in [0.15, 0.2) is 5.78 Å². The van der Waals surface area contributed by atoms with Crippen molar-refractivity contribution in [3.05, 3.63) is 23.0 Å². The quantitative estimate of drug-likeness (QED) is 0.621. The highest BCUT2D eigenvalue weighted by Crippen LogP contribution is 2.21. The minimum atomic E-state index is -0.307. The summed E-state index contributed by atoms with van der Waals surface area (Å²) >= 11 is 0. The van der Waals surface area contributed by atoms with Crippen molar-refractivity contribution in [3.63, 3.8) is 0 Å². The number of carbonyl (C=O) groups is 3. The van der Waals surface area contributed by atoms with Crippen molar-refractivity contribution in [1.82, 2.24) is 9.47 Å². The van der Waals surface area contributed by atoms with E-state index in [2.05, 4.69) is 0 Å². The van der Waals surface area contributed by atoms with E-state index in [0.717, 1.165) is 22.8 Å². The van der Waals surface area contributed by atoms with Crippen LogP contribution in [0.3, 0.4) is 0 Å². The van der Waals surface area contributed by atoms with Crippen molar-refractivity contribution in [2.75, 3.05) is 6.54 Å². The number of hydrogen-bond acceptors (Lipinski definition) is 3. The van der Waals surface area contributed by atoms with E-state index in [-0.39, 0.29) is 36.5 Å². The average Bonchev–Trinajstić information content (AvgIpc) is 2.80. The second-order valence-electron chi connectivity index (χ2n) is 5.38. The third kappa shape index (κ3) is 2.28. The first-order valence-electron chi connectivity index (χ1n) is 6.91. The van der Waals surface area contributed by atoms with E-state index < -0.39 is 0 Å². The molecule has 0 N–H and O–H groups in total. The molecule has 2 rings (SSSR count). The Bertz CT molecular complexity index is 586. The number of carbonyl (C=O) groups excluding carboxylic acids is 3. The zero-order valence-electron chi connectivity index (χ0n) is 12.4. The first kappa shape index (κ1) is 14.5. The van der Waals surface area contributed by atoms with Crippen molar-refractivity contribution in [1.29, 1.82) is 0 Å². The highest BCUT2D eigenvalue weighted by molar-refractivity contribution is 6.09. The molecule has 1 unspecified atom stereocenters. The summed E-state index contributed by atoms with van der Waals surface area (Å²) in [5, 5.41) is 0. The van der Waals surface area contributed by atoms with Crippen LogP contribution in [0.5, 0.6) is 0 Å². The standard InChI is InChI=1S/C15H20N2O3/c1-5-16-10(3)7-12(11(16)4)13(18)8-17-14(19)6-9(2)15(17)20/h7,9H,5-6,8H2,1-4H3. The zero-order valence-corrected chi connectivity index (χ0v) is 12.4. The molecule has 1 aromatic heterocycles. The highest BCUT2D eigenvalue weighted by atomic mass is 16.2. The number of hydrogen-bond donors (Lipinski definition) is 0. The summed E-state index contributed by atoms with van der Waals surface area (Å²) in [6.45, 7) is 8.22. The van der Waals surface area contributed by atoms with E-state index in [1.807, 2.05) is 31.4 Å². The molecule has 2 amide bonds. The number of ketones is 1. The minimum Gasteiger partial charge on any atom is -0.349 e. The molecular weight excluding hydrogens is 256 g/mol. The van der Waals surface area contributed by atoms with Gasteiger partial charge in [-0.15, -0.1) is 0 Å². The van der Waals surface area contributed by atoms with E-state index >= 15 is 0 Å². The molecule has 5 nitrogen and oxygen atoms in total. The molecule has 0 radical (unpaired) electrons. The van der Waals surface area contributed by atoms with Gasteiger partial charge in [-0.1, -0.05) is 6.92 Å². The maximum atomic E-state index is 12.3. The summed E-state index contributed by atoms with van der Waals surface area (Å²) in [7, 11) is 0. The molecule has 5 heteroatoms. The molecule has 0 saturated carbocycles. The Morgan fingerprint density at radius 2 is 2.00 bits per heavy atom. The maximum Gasteiger partial charge on any atom is 0.232 e. The summed E-state index contributed by atoms with van der Waals surface area (Å²) in [6, 6.07) is 1.83. The van der Waals surface area contributed by atoms with E-state index in [4.69, 9.17) is 0 Å².